The van der Waals surface area contributed by atoms with Crippen molar-refractivity contribution in [3.05, 3.63) is 38.3 Å². The zero-order valence-electron chi connectivity index (χ0n) is 9.27. The van der Waals surface area contributed by atoms with Crippen molar-refractivity contribution in [3.8, 4) is 0 Å². The third kappa shape index (κ3) is 2.36. The largest absolute Gasteiger partial charge is 0.324 e. The molecule has 86 valence electrons. The average molecular weight is 300 g/mol. The average Bonchev–Trinajstić information content (AvgIpc) is 2.74. The molecule has 0 fully saturated rings. The monoisotopic (exact) mass is 299 g/mol. The predicted molar refractivity (Wildman–Crippen MR) is 70.6 cm³/mol. The van der Waals surface area contributed by atoms with Gasteiger partial charge in [0.05, 0.1) is 5.69 Å². The zero-order chi connectivity index (χ0) is 11.7. The van der Waals surface area contributed by atoms with Crippen LogP contribution in [0.3, 0.4) is 0 Å². The first kappa shape index (κ1) is 11.8. The fourth-order valence-corrected chi connectivity index (χ4v) is 3.34. The Kier molecular flexibility index (Phi) is 3.47. The number of nitrogens with two attached hydrogens (primary N) is 1. The third-order valence-electron chi connectivity index (χ3n) is 2.55. The van der Waals surface area contributed by atoms with Crippen LogP contribution >= 0.6 is 27.3 Å². The molecule has 2 aromatic rings. The molecule has 0 amide bonds. The van der Waals surface area contributed by atoms with Gasteiger partial charge in [-0.15, -0.1) is 11.3 Å². The van der Waals surface area contributed by atoms with Crippen molar-refractivity contribution < 1.29 is 0 Å². The standard InChI is InChI=1S/C11H14BrN3S/c1-7-8(6-15(2)14-7)10(13)5-11-9(12)3-4-16-11/h3-4,6,10H,5,13H2,1-2H3. The molecule has 0 aromatic carbocycles. The summed E-state index contributed by atoms with van der Waals surface area (Å²) in [6, 6.07) is 2.08. The van der Waals surface area contributed by atoms with E-state index in [2.05, 4.69) is 32.5 Å². The first-order valence-corrected chi connectivity index (χ1v) is 6.72. The fraction of sp³-hybridized carbons (Fsp3) is 0.364. The fourth-order valence-electron chi connectivity index (χ4n) is 1.76. The summed E-state index contributed by atoms with van der Waals surface area (Å²) in [4.78, 5) is 1.29. The van der Waals surface area contributed by atoms with Crippen LogP contribution in [-0.4, -0.2) is 9.78 Å². The lowest BCUT2D eigenvalue weighted by Gasteiger charge is -2.09. The van der Waals surface area contributed by atoms with Crippen LogP contribution < -0.4 is 5.73 Å². The minimum Gasteiger partial charge on any atom is -0.324 e. The number of halogens is 1. The molecule has 0 saturated heterocycles. The molecule has 0 aliphatic carbocycles. The third-order valence-corrected chi connectivity index (χ3v) is 4.50. The second-order valence-corrected chi connectivity index (χ2v) is 5.70. The highest BCUT2D eigenvalue weighted by atomic mass is 79.9. The number of rotatable bonds is 3. The number of nitrogens with zero attached hydrogens (tertiary/aromatic N) is 2. The van der Waals surface area contributed by atoms with Gasteiger partial charge in [-0.25, -0.2) is 0 Å². The molecule has 2 heterocycles. The zero-order valence-corrected chi connectivity index (χ0v) is 11.7. The van der Waals surface area contributed by atoms with Crippen LogP contribution in [0.2, 0.25) is 0 Å². The van der Waals surface area contributed by atoms with Gasteiger partial charge in [-0.3, -0.25) is 4.68 Å². The van der Waals surface area contributed by atoms with Gasteiger partial charge in [-0.1, -0.05) is 0 Å². The SMILES string of the molecule is Cc1nn(C)cc1C(N)Cc1sccc1Br. The quantitative estimate of drug-likeness (QED) is 0.947. The Hall–Kier alpha value is -0.650. The maximum atomic E-state index is 6.20. The number of hydrogen-bond acceptors (Lipinski definition) is 3. The molecular weight excluding hydrogens is 286 g/mol. The molecule has 0 radical (unpaired) electrons. The Morgan fingerprint density at radius 1 is 1.62 bits per heavy atom. The van der Waals surface area contributed by atoms with E-state index in [9.17, 15) is 0 Å². The number of hydrogen-bond donors (Lipinski definition) is 1. The highest BCUT2D eigenvalue weighted by molar-refractivity contribution is 9.10. The second-order valence-electron chi connectivity index (χ2n) is 3.85. The summed E-state index contributed by atoms with van der Waals surface area (Å²) in [5.41, 5.74) is 8.35. The molecule has 5 heteroatoms. The van der Waals surface area contributed by atoms with E-state index >= 15 is 0 Å². The van der Waals surface area contributed by atoms with E-state index in [1.165, 1.54) is 4.88 Å². The molecule has 0 spiro atoms. The molecule has 16 heavy (non-hydrogen) atoms. The second kappa shape index (κ2) is 4.69. The highest BCUT2D eigenvalue weighted by Crippen LogP contribution is 2.27. The maximum Gasteiger partial charge on any atom is 0.0641 e. The van der Waals surface area contributed by atoms with E-state index in [-0.39, 0.29) is 6.04 Å². The molecule has 1 atom stereocenters. The van der Waals surface area contributed by atoms with E-state index in [1.54, 1.807) is 11.3 Å². The molecule has 0 bridgehead atoms. The van der Waals surface area contributed by atoms with Crippen LogP contribution in [0.25, 0.3) is 0 Å². The number of aromatic nitrogens is 2. The predicted octanol–water partition coefficient (Wildman–Crippen LogP) is 2.80. The van der Waals surface area contributed by atoms with Gasteiger partial charge in [0.25, 0.3) is 0 Å². The lowest BCUT2D eigenvalue weighted by molar-refractivity contribution is 0.721. The summed E-state index contributed by atoms with van der Waals surface area (Å²) in [7, 11) is 1.92. The molecule has 2 rings (SSSR count). The molecule has 0 aliphatic heterocycles. The Morgan fingerprint density at radius 2 is 2.38 bits per heavy atom. The lowest BCUT2D eigenvalue weighted by Crippen LogP contribution is -2.13. The first-order valence-electron chi connectivity index (χ1n) is 5.05. The Bertz CT molecular complexity index is 489. The van der Waals surface area contributed by atoms with Crippen LogP contribution in [0, 0.1) is 6.92 Å². The van der Waals surface area contributed by atoms with Crippen LogP contribution in [0.15, 0.2) is 22.1 Å². The molecule has 0 aliphatic rings. The maximum absolute atomic E-state index is 6.20. The van der Waals surface area contributed by atoms with Gasteiger partial charge in [0.2, 0.25) is 0 Å². The summed E-state index contributed by atoms with van der Waals surface area (Å²) >= 11 is 5.26. The molecular formula is C11H14BrN3S. The van der Waals surface area contributed by atoms with Crippen molar-refractivity contribution in [1.29, 1.82) is 0 Å². The van der Waals surface area contributed by atoms with E-state index < -0.39 is 0 Å². The van der Waals surface area contributed by atoms with Crippen LogP contribution in [0.4, 0.5) is 0 Å². The summed E-state index contributed by atoms with van der Waals surface area (Å²) in [5.74, 6) is 0. The summed E-state index contributed by atoms with van der Waals surface area (Å²) in [6.07, 6.45) is 2.85. The van der Waals surface area contributed by atoms with Gasteiger partial charge >= 0.3 is 0 Å². The van der Waals surface area contributed by atoms with Gasteiger partial charge in [0.15, 0.2) is 0 Å². The van der Waals surface area contributed by atoms with Gasteiger partial charge in [-0.2, -0.15) is 5.10 Å². The first-order chi connectivity index (χ1) is 7.58. The van der Waals surface area contributed by atoms with Gasteiger partial charge in [0.1, 0.15) is 0 Å². The van der Waals surface area contributed by atoms with E-state index in [0.29, 0.717) is 0 Å². The van der Waals surface area contributed by atoms with Gasteiger partial charge in [0, 0.05) is 40.6 Å². The minimum absolute atomic E-state index is 0.0173. The van der Waals surface area contributed by atoms with Crippen molar-refractivity contribution >= 4 is 27.3 Å². The van der Waals surface area contributed by atoms with Crippen molar-refractivity contribution in [2.45, 2.75) is 19.4 Å². The summed E-state index contributed by atoms with van der Waals surface area (Å²) in [6.45, 7) is 2.00. The number of thiophene rings is 1. The molecule has 0 saturated carbocycles. The van der Waals surface area contributed by atoms with E-state index in [4.69, 9.17) is 5.73 Å². The van der Waals surface area contributed by atoms with Gasteiger partial charge < -0.3 is 5.73 Å². The van der Waals surface area contributed by atoms with Crippen molar-refractivity contribution in [2.75, 3.05) is 0 Å². The minimum atomic E-state index is 0.0173. The van der Waals surface area contributed by atoms with E-state index in [1.807, 2.05) is 24.9 Å². The van der Waals surface area contributed by atoms with Crippen LogP contribution in [0.1, 0.15) is 22.2 Å². The normalized spacial score (nSPS) is 13.0. The molecule has 1 unspecified atom stereocenters. The van der Waals surface area contributed by atoms with Crippen molar-refractivity contribution in [3.63, 3.8) is 0 Å². The molecule has 2 aromatic heterocycles. The highest BCUT2D eigenvalue weighted by Gasteiger charge is 2.14. The Balaban J connectivity index is 2.17. The summed E-state index contributed by atoms with van der Waals surface area (Å²) < 4.78 is 2.96. The van der Waals surface area contributed by atoms with Crippen LogP contribution in [0.5, 0.6) is 0 Å². The Labute approximate surface area is 107 Å². The van der Waals surface area contributed by atoms with Crippen molar-refractivity contribution in [2.24, 2.45) is 12.8 Å². The topological polar surface area (TPSA) is 43.8 Å². The Morgan fingerprint density at radius 3 is 2.88 bits per heavy atom. The smallest absolute Gasteiger partial charge is 0.0641 e. The molecule has 2 N–H and O–H groups in total. The lowest BCUT2D eigenvalue weighted by atomic mass is 10.1. The van der Waals surface area contributed by atoms with E-state index in [0.717, 1.165) is 22.2 Å². The van der Waals surface area contributed by atoms with Gasteiger partial charge in [-0.05, 0) is 34.3 Å². The summed E-state index contributed by atoms with van der Waals surface area (Å²) in [5, 5.41) is 6.38. The van der Waals surface area contributed by atoms with Crippen molar-refractivity contribution in [1.82, 2.24) is 9.78 Å². The van der Waals surface area contributed by atoms with Crippen LogP contribution in [-0.2, 0) is 13.5 Å². The number of aryl methyl sites for hydroxylation is 2. The molecule has 3 nitrogen and oxygen atoms in total.